The Bertz CT molecular complexity index is 1360. The standard InChI is InChI=1S/C30H41N5O9/c1-4-33(5-2)14-13-22(29(40)41)44-26-19-9-7-8-10-21(19)32-25(24(26)27(31)38)20(11-12-23(36)37)28(39)34-15-17-35(18-16-34)30(42)43-6-3/h7-10,20,22H,4-6,11-18H2,1-3H3,(H2,31,38)(H,36,37)(H,40,41). The average molecular weight is 616 g/mol. The van der Waals surface area contributed by atoms with Gasteiger partial charge >= 0.3 is 18.0 Å². The largest absolute Gasteiger partial charge is 0.481 e. The maximum Gasteiger partial charge on any atom is 0.409 e. The molecule has 3 rings (SSSR count). The molecule has 0 bridgehead atoms. The zero-order valence-corrected chi connectivity index (χ0v) is 25.4. The summed E-state index contributed by atoms with van der Waals surface area (Å²) in [5, 5.41) is 19.8. The van der Waals surface area contributed by atoms with Crippen molar-refractivity contribution in [3.8, 4) is 5.75 Å². The van der Waals surface area contributed by atoms with Gasteiger partial charge in [-0.15, -0.1) is 0 Å². The first-order valence-electron chi connectivity index (χ1n) is 14.8. The molecule has 44 heavy (non-hydrogen) atoms. The molecule has 1 saturated heterocycles. The van der Waals surface area contributed by atoms with Crippen LogP contribution in [-0.4, -0.2) is 118 Å². The number of hydrogen-bond donors (Lipinski definition) is 3. The Morgan fingerprint density at radius 3 is 2.18 bits per heavy atom. The van der Waals surface area contributed by atoms with E-state index in [2.05, 4.69) is 4.98 Å². The number of ether oxygens (including phenoxy) is 2. The number of amides is 3. The van der Waals surface area contributed by atoms with Crippen LogP contribution < -0.4 is 10.5 Å². The van der Waals surface area contributed by atoms with Crippen LogP contribution >= 0.6 is 0 Å². The van der Waals surface area contributed by atoms with E-state index in [1.807, 2.05) is 18.7 Å². The summed E-state index contributed by atoms with van der Waals surface area (Å²) in [6.07, 6.45) is -2.36. The normalized spacial score (nSPS) is 14.7. The van der Waals surface area contributed by atoms with Crippen molar-refractivity contribution in [2.45, 2.75) is 52.1 Å². The number of carboxylic acid groups (broad SMARTS) is 2. The van der Waals surface area contributed by atoms with E-state index in [-0.39, 0.29) is 62.6 Å². The van der Waals surface area contributed by atoms with Crippen LogP contribution in [-0.2, 0) is 19.1 Å². The van der Waals surface area contributed by atoms with Gasteiger partial charge in [0.25, 0.3) is 5.91 Å². The van der Waals surface area contributed by atoms with Crippen LogP contribution in [0.2, 0.25) is 0 Å². The molecule has 2 heterocycles. The van der Waals surface area contributed by atoms with E-state index in [1.54, 1.807) is 31.2 Å². The van der Waals surface area contributed by atoms with Crippen LogP contribution in [0.25, 0.3) is 10.9 Å². The Labute approximate surface area is 255 Å². The highest BCUT2D eigenvalue weighted by Crippen LogP contribution is 2.37. The quantitative estimate of drug-likeness (QED) is 0.266. The van der Waals surface area contributed by atoms with Crippen molar-refractivity contribution in [3.05, 3.63) is 35.5 Å². The van der Waals surface area contributed by atoms with E-state index in [4.69, 9.17) is 15.2 Å². The lowest BCUT2D eigenvalue weighted by molar-refractivity contribution is -0.145. The SMILES string of the molecule is CCOC(=O)N1CCN(C(=O)C(CCC(=O)O)c2nc3ccccc3c(OC(CCN(CC)CC)C(=O)O)c2C(N)=O)CC1. The van der Waals surface area contributed by atoms with Gasteiger partial charge in [-0.05, 0) is 38.6 Å². The second kappa shape index (κ2) is 15.8. The van der Waals surface area contributed by atoms with Crippen molar-refractivity contribution in [2.24, 2.45) is 5.73 Å². The maximum atomic E-state index is 14.0. The number of benzene rings is 1. The minimum atomic E-state index is -1.35. The van der Waals surface area contributed by atoms with E-state index < -0.39 is 48.3 Å². The number of piperazine rings is 1. The van der Waals surface area contributed by atoms with Crippen molar-refractivity contribution in [2.75, 3.05) is 52.4 Å². The lowest BCUT2D eigenvalue weighted by Crippen LogP contribution is -2.52. The Hall–Kier alpha value is -4.46. The molecule has 2 unspecified atom stereocenters. The summed E-state index contributed by atoms with van der Waals surface area (Å²) in [5.41, 5.74) is 5.82. The molecular weight excluding hydrogens is 574 g/mol. The molecule has 4 N–H and O–H groups in total. The van der Waals surface area contributed by atoms with E-state index in [0.717, 1.165) is 0 Å². The molecule has 0 saturated carbocycles. The molecule has 2 atom stereocenters. The summed E-state index contributed by atoms with van der Waals surface area (Å²) in [6.45, 7) is 8.35. The lowest BCUT2D eigenvalue weighted by atomic mass is 9.91. The Morgan fingerprint density at radius 1 is 0.977 bits per heavy atom. The van der Waals surface area contributed by atoms with Gasteiger partial charge in [0, 0.05) is 51.0 Å². The number of nitrogens with two attached hydrogens (primary N) is 1. The molecule has 0 spiro atoms. The third kappa shape index (κ3) is 8.34. The summed E-state index contributed by atoms with van der Waals surface area (Å²) in [7, 11) is 0. The molecule has 14 heteroatoms. The third-order valence-corrected chi connectivity index (χ3v) is 7.65. The summed E-state index contributed by atoms with van der Waals surface area (Å²) >= 11 is 0. The molecule has 1 aliphatic heterocycles. The number of nitrogens with zero attached hydrogens (tertiary/aromatic N) is 4. The summed E-state index contributed by atoms with van der Waals surface area (Å²) in [6, 6.07) is 6.59. The molecule has 1 aromatic carbocycles. The number of hydrogen-bond acceptors (Lipinski definition) is 9. The van der Waals surface area contributed by atoms with Gasteiger partial charge in [0.15, 0.2) is 6.10 Å². The van der Waals surface area contributed by atoms with Gasteiger partial charge in [-0.25, -0.2) is 9.59 Å². The van der Waals surface area contributed by atoms with Gasteiger partial charge in [-0.1, -0.05) is 26.0 Å². The summed E-state index contributed by atoms with van der Waals surface area (Å²) < 4.78 is 11.1. The van der Waals surface area contributed by atoms with E-state index in [0.29, 0.717) is 30.5 Å². The highest BCUT2D eigenvalue weighted by atomic mass is 16.6. The first-order valence-corrected chi connectivity index (χ1v) is 14.8. The van der Waals surface area contributed by atoms with Gasteiger partial charge in [0.2, 0.25) is 5.91 Å². The first-order chi connectivity index (χ1) is 21.0. The van der Waals surface area contributed by atoms with Crippen LogP contribution in [0.1, 0.15) is 62.0 Å². The molecule has 2 aromatic rings. The Balaban J connectivity index is 2.09. The fourth-order valence-electron chi connectivity index (χ4n) is 5.22. The number of rotatable bonds is 15. The molecule has 1 aromatic heterocycles. The van der Waals surface area contributed by atoms with Crippen LogP contribution in [0.3, 0.4) is 0 Å². The number of aliphatic carboxylic acids is 2. The molecule has 3 amide bonds. The number of carbonyl (C=O) groups excluding carboxylic acids is 3. The molecule has 0 radical (unpaired) electrons. The smallest absolute Gasteiger partial charge is 0.409 e. The second-order valence-electron chi connectivity index (χ2n) is 10.3. The molecule has 1 aliphatic rings. The molecular formula is C30H41N5O9. The lowest BCUT2D eigenvalue weighted by Gasteiger charge is -2.36. The van der Waals surface area contributed by atoms with Crippen molar-refractivity contribution >= 4 is 40.7 Å². The van der Waals surface area contributed by atoms with Crippen LogP contribution in [0, 0.1) is 0 Å². The summed E-state index contributed by atoms with van der Waals surface area (Å²) in [5.74, 6) is -5.23. The van der Waals surface area contributed by atoms with E-state index in [1.165, 1.54) is 9.80 Å². The number of para-hydroxylation sites is 1. The van der Waals surface area contributed by atoms with Crippen molar-refractivity contribution in [3.63, 3.8) is 0 Å². The minimum Gasteiger partial charge on any atom is -0.481 e. The number of fused-ring (bicyclic) bond motifs is 1. The Morgan fingerprint density at radius 2 is 1.61 bits per heavy atom. The fourth-order valence-corrected chi connectivity index (χ4v) is 5.22. The molecule has 240 valence electrons. The van der Waals surface area contributed by atoms with Gasteiger partial charge in [0.1, 0.15) is 11.3 Å². The molecule has 0 aliphatic carbocycles. The van der Waals surface area contributed by atoms with E-state index in [9.17, 15) is 34.2 Å². The highest BCUT2D eigenvalue weighted by Gasteiger charge is 2.36. The van der Waals surface area contributed by atoms with Crippen LogP contribution in [0.5, 0.6) is 5.75 Å². The van der Waals surface area contributed by atoms with Crippen molar-refractivity contribution < 1.29 is 43.7 Å². The monoisotopic (exact) mass is 615 g/mol. The molecule has 14 nitrogen and oxygen atoms in total. The van der Waals surface area contributed by atoms with E-state index >= 15 is 0 Å². The second-order valence-corrected chi connectivity index (χ2v) is 10.3. The first kappa shape index (κ1) is 34.0. The predicted molar refractivity (Wildman–Crippen MR) is 160 cm³/mol. The number of pyridine rings is 1. The topological polar surface area (TPSA) is 193 Å². The minimum absolute atomic E-state index is 0.0850. The van der Waals surface area contributed by atoms with Crippen molar-refractivity contribution in [1.82, 2.24) is 19.7 Å². The fraction of sp³-hybridized carbons (Fsp3) is 0.533. The average Bonchev–Trinajstić information content (AvgIpc) is 3.00. The van der Waals surface area contributed by atoms with Crippen molar-refractivity contribution in [1.29, 1.82) is 0 Å². The third-order valence-electron chi connectivity index (χ3n) is 7.65. The zero-order chi connectivity index (χ0) is 32.4. The van der Waals surface area contributed by atoms with Gasteiger partial charge in [-0.3, -0.25) is 19.4 Å². The van der Waals surface area contributed by atoms with Crippen LogP contribution in [0.4, 0.5) is 4.79 Å². The number of carbonyl (C=O) groups is 5. The highest BCUT2D eigenvalue weighted by molar-refractivity contribution is 6.04. The predicted octanol–water partition coefficient (Wildman–Crippen LogP) is 2.15. The molecule has 1 fully saturated rings. The van der Waals surface area contributed by atoms with Gasteiger partial charge in [-0.2, -0.15) is 0 Å². The zero-order valence-electron chi connectivity index (χ0n) is 25.4. The van der Waals surface area contributed by atoms with Gasteiger partial charge < -0.3 is 40.1 Å². The number of primary amides is 1. The Kier molecular flexibility index (Phi) is 12.3. The number of carboxylic acids is 2. The van der Waals surface area contributed by atoms with Crippen LogP contribution in [0.15, 0.2) is 24.3 Å². The van der Waals surface area contributed by atoms with Gasteiger partial charge in [0.05, 0.1) is 23.7 Å². The maximum absolute atomic E-state index is 14.0. The number of aromatic nitrogens is 1. The summed E-state index contributed by atoms with van der Waals surface area (Å²) in [4.78, 5) is 72.7.